The van der Waals surface area contributed by atoms with E-state index in [1.807, 2.05) is 30.3 Å². The predicted octanol–water partition coefficient (Wildman–Crippen LogP) is 5.13. The molecule has 0 spiro atoms. The molecule has 7 rings (SSSR count). The fraction of sp³-hybridized carbons (Fsp3) is 0.189. The Hall–Kier alpha value is -5.83. The SMILES string of the molecule is Oc1cc(O)c2c(c1)OC(c1ccc(O)c(O)c1)C(O)C2c1c(O)cc(O)c2c1OC(c1cc(O)c(O)c(O)c1)C(O)C2SCc1ccccc1. The lowest BCUT2D eigenvalue weighted by Gasteiger charge is -2.42. The molecule has 0 aliphatic carbocycles. The van der Waals surface area contributed by atoms with E-state index >= 15 is 0 Å². The Labute approximate surface area is 293 Å². The van der Waals surface area contributed by atoms with E-state index in [4.69, 9.17) is 9.47 Å². The van der Waals surface area contributed by atoms with Gasteiger partial charge in [-0.3, -0.25) is 0 Å². The van der Waals surface area contributed by atoms with Gasteiger partial charge in [-0.25, -0.2) is 0 Å². The number of fused-ring (bicyclic) bond motifs is 2. The minimum absolute atomic E-state index is 0.0122. The normalized spacial score (nSPS) is 22.3. The summed E-state index contributed by atoms with van der Waals surface area (Å²) in [5.74, 6) is -6.60. The summed E-state index contributed by atoms with van der Waals surface area (Å²) in [4.78, 5) is 0. The Bertz CT molecular complexity index is 2120. The molecule has 0 amide bonds. The molecule has 5 aromatic carbocycles. The number of rotatable bonds is 6. The van der Waals surface area contributed by atoms with Crippen molar-refractivity contribution in [2.24, 2.45) is 0 Å². The minimum atomic E-state index is -1.68. The molecule has 0 aromatic heterocycles. The second kappa shape index (κ2) is 12.8. The van der Waals surface area contributed by atoms with Gasteiger partial charge in [0.25, 0.3) is 0 Å². The number of aromatic hydroxyl groups is 9. The van der Waals surface area contributed by atoms with Crippen LogP contribution < -0.4 is 9.47 Å². The number of ether oxygens (including phenoxy) is 2. The molecule has 2 aliphatic heterocycles. The molecule has 264 valence electrons. The number of hydrogen-bond donors (Lipinski definition) is 11. The van der Waals surface area contributed by atoms with Gasteiger partial charge in [0.05, 0.1) is 16.7 Å². The maximum atomic E-state index is 12.1. The van der Waals surface area contributed by atoms with Gasteiger partial charge in [0, 0.05) is 40.6 Å². The molecule has 0 fully saturated rings. The van der Waals surface area contributed by atoms with Crippen molar-refractivity contribution in [2.75, 3.05) is 0 Å². The van der Waals surface area contributed by atoms with Crippen LogP contribution in [-0.2, 0) is 5.75 Å². The molecule has 11 N–H and O–H groups in total. The second-order valence-corrected chi connectivity index (χ2v) is 13.5. The van der Waals surface area contributed by atoms with Crippen LogP contribution in [0.4, 0.5) is 0 Å². The average Bonchev–Trinajstić information content (AvgIpc) is 3.08. The van der Waals surface area contributed by atoms with Gasteiger partial charge in [-0.2, -0.15) is 0 Å². The standard InChI is InChI=1S/C37H32O13S/c38-18-11-21(41)27-26(12-18)49-34(16-6-7-19(39)20(40)8-16)32(47)30(27)28-22(42)13-23(43)29-36(28)50-35(17-9-24(44)31(46)25(45)10-17)33(48)37(29)51-14-15-4-2-1-3-5-15/h1-13,30,32-35,37-48H,14H2. The predicted molar refractivity (Wildman–Crippen MR) is 182 cm³/mol. The lowest BCUT2D eigenvalue weighted by atomic mass is 9.77. The van der Waals surface area contributed by atoms with Crippen LogP contribution in [0, 0.1) is 0 Å². The number of aliphatic hydroxyl groups is 2. The van der Waals surface area contributed by atoms with Gasteiger partial charge < -0.3 is 65.6 Å². The third-order valence-corrected chi connectivity index (χ3v) is 10.5. The molecular weight excluding hydrogens is 684 g/mol. The number of phenols is 9. The molecule has 2 aliphatic rings. The van der Waals surface area contributed by atoms with Crippen LogP contribution in [0.1, 0.15) is 56.8 Å². The van der Waals surface area contributed by atoms with Crippen LogP contribution in [0.5, 0.6) is 63.2 Å². The van der Waals surface area contributed by atoms with Crippen molar-refractivity contribution in [3.8, 4) is 63.2 Å². The van der Waals surface area contributed by atoms with Crippen molar-refractivity contribution >= 4 is 11.8 Å². The van der Waals surface area contributed by atoms with Crippen LogP contribution in [0.15, 0.2) is 78.9 Å². The molecule has 0 bridgehead atoms. The molecule has 2 heterocycles. The van der Waals surface area contributed by atoms with Gasteiger partial charge >= 0.3 is 0 Å². The monoisotopic (exact) mass is 716 g/mol. The molecule has 0 radical (unpaired) electrons. The van der Waals surface area contributed by atoms with Crippen molar-refractivity contribution in [3.63, 3.8) is 0 Å². The molecule has 6 atom stereocenters. The largest absolute Gasteiger partial charge is 0.508 e. The van der Waals surface area contributed by atoms with Crippen molar-refractivity contribution in [1.29, 1.82) is 0 Å². The zero-order valence-electron chi connectivity index (χ0n) is 26.3. The Morgan fingerprint density at radius 2 is 1.16 bits per heavy atom. The smallest absolute Gasteiger partial charge is 0.200 e. The van der Waals surface area contributed by atoms with Crippen molar-refractivity contribution in [2.45, 2.75) is 41.3 Å². The highest BCUT2D eigenvalue weighted by molar-refractivity contribution is 7.98. The zero-order valence-corrected chi connectivity index (χ0v) is 27.1. The van der Waals surface area contributed by atoms with Crippen molar-refractivity contribution in [1.82, 2.24) is 0 Å². The molecular formula is C37H32O13S. The summed E-state index contributed by atoms with van der Waals surface area (Å²) in [7, 11) is 0. The van der Waals surface area contributed by atoms with E-state index in [0.717, 1.165) is 35.9 Å². The van der Waals surface area contributed by atoms with Crippen LogP contribution in [0.25, 0.3) is 0 Å². The Morgan fingerprint density at radius 1 is 0.529 bits per heavy atom. The summed E-state index contributed by atoms with van der Waals surface area (Å²) in [6, 6.07) is 18.3. The summed E-state index contributed by atoms with van der Waals surface area (Å²) < 4.78 is 12.4. The minimum Gasteiger partial charge on any atom is -0.508 e. The van der Waals surface area contributed by atoms with Crippen molar-refractivity contribution in [3.05, 3.63) is 112 Å². The van der Waals surface area contributed by atoms with E-state index in [-0.39, 0.29) is 39.3 Å². The summed E-state index contributed by atoms with van der Waals surface area (Å²) >= 11 is 1.21. The van der Waals surface area contributed by atoms with Crippen LogP contribution in [0.3, 0.4) is 0 Å². The Morgan fingerprint density at radius 3 is 1.84 bits per heavy atom. The Balaban J connectivity index is 1.45. The lowest BCUT2D eigenvalue weighted by Crippen LogP contribution is -2.37. The average molecular weight is 717 g/mol. The van der Waals surface area contributed by atoms with Crippen molar-refractivity contribution < 1.29 is 65.6 Å². The van der Waals surface area contributed by atoms with Crippen LogP contribution >= 0.6 is 11.8 Å². The first kappa shape index (κ1) is 33.7. The first-order valence-electron chi connectivity index (χ1n) is 15.6. The van der Waals surface area contributed by atoms with E-state index < -0.39 is 87.3 Å². The highest BCUT2D eigenvalue weighted by Crippen LogP contribution is 2.60. The maximum absolute atomic E-state index is 12.1. The number of hydrogen-bond acceptors (Lipinski definition) is 14. The fourth-order valence-corrected chi connectivity index (χ4v) is 8.04. The maximum Gasteiger partial charge on any atom is 0.200 e. The summed E-state index contributed by atoms with van der Waals surface area (Å²) in [6.07, 6.45) is -5.89. The van der Waals surface area contributed by atoms with E-state index in [9.17, 15) is 56.2 Å². The summed E-state index contributed by atoms with van der Waals surface area (Å²) in [5.41, 5.74) is 0.834. The zero-order chi connectivity index (χ0) is 36.3. The summed E-state index contributed by atoms with van der Waals surface area (Å²) in [5, 5.41) is 118. The number of aliphatic hydroxyl groups excluding tert-OH is 2. The number of benzene rings is 5. The number of thioether (sulfide) groups is 1. The first-order valence-corrected chi connectivity index (χ1v) is 16.6. The Kier molecular flexibility index (Phi) is 8.45. The van der Waals surface area contributed by atoms with Gasteiger partial charge in [-0.05, 0) is 35.4 Å². The topological polar surface area (TPSA) is 241 Å². The molecule has 6 unspecified atom stereocenters. The van der Waals surface area contributed by atoms with Gasteiger partial charge in [0.1, 0.15) is 46.7 Å². The quantitative estimate of drug-likeness (QED) is 0.102. The van der Waals surface area contributed by atoms with Gasteiger partial charge in [0.15, 0.2) is 41.0 Å². The molecule has 5 aromatic rings. The second-order valence-electron chi connectivity index (χ2n) is 12.4. The molecule has 51 heavy (non-hydrogen) atoms. The van der Waals surface area contributed by atoms with E-state index in [1.165, 1.54) is 30.0 Å². The highest BCUT2D eigenvalue weighted by atomic mass is 32.2. The van der Waals surface area contributed by atoms with Gasteiger partial charge in [-0.1, -0.05) is 36.4 Å². The van der Waals surface area contributed by atoms with E-state index in [1.54, 1.807) is 0 Å². The fourth-order valence-electron chi connectivity index (χ4n) is 6.75. The molecule has 14 heteroatoms. The third-order valence-electron chi connectivity index (χ3n) is 9.12. The van der Waals surface area contributed by atoms with Crippen LogP contribution in [-0.4, -0.2) is 68.4 Å². The van der Waals surface area contributed by atoms with Gasteiger partial charge in [0.2, 0.25) is 0 Å². The van der Waals surface area contributed by atoms with Crippen LogP contribution in [0.2, 0.25) is 0 Å². The van der Waals surface area contributed by atoms with E-state index in [0.29, 0.717) is 5.75 Å². The third kappa shape index (κ3) is 5.82. The molecule has 13 nitrogen and oxygen atoms in total. The lowest BCUT2D eigenvalue weighted by molar-refractivity contribution is 0.000563. The van der Waals surface area contributed by atoms with E-state index in [2.05, 4.69) is 0 Å². The van der Waals surface area contributed by atoms with Gasteiger partial charge in [-0.15, -0.1) is 11.8 Å². The number of phenolic OH excluding ortho intramolecular Hbond substituents is 9. The molecule has 0 saturated carbocycles. The summed E-state index contributed by atoms with van der Waals surface area (Å²) in [6.45, 7) is 0. The molecule has 0 saturated heterocycles. The first-order chi connectivity index (χ1) is 24.3. The highest BCUT2D eigenvalue weighted by Gasteiger charge is 2.48.